The van der Waals surface area contributed by atoms with Crippen LogP contribution in [0.4, 0.5) is 10.8 Å². The summed E-state index contributed by atoms with van der Waals surface area (Å²) in [4.78, 5) is 19.7. The Morgan fingerprint density at radius 3 is 2.94 bits per heavy atom. The van der Waals surface area contributed by atoms with Crippen LogP contribution in [-0.2, 0) is 0 Å². The molecule has 17 heavy (non-hydrogen) atoms. The van der Waals surface area contributed by atoms with Crippen LogP contribution in [-0.4, -0.2) is 15.9 Å². The van der Waals surface area contributed by atoms with Crippen molar-refractivity contribution in [2.45, 2.75) is 0 Å². The van der Waals surface area contributed by atoms with Gasteiger partial charge in [0.05, 0.1) is 15.7 Å². The van der Waals surface area contributed by atoms with Gasteiger partial charge in [-0.3, -0.25) is 20.9 Å². The number of hydrogen-bond donors (Lipinski definition) is 3. The lowest BCUT2D eigenvalue weighted by molar-refractivity contribution is 0.102. The van der Waals surface area contributed by atoms with Crippen LogP contribution >= 0.6 is 27.3 Å². The van der Waals surface area contributed by atoms with E-state index in [2.05, 4.69) is 36.6 Å². The molecule has 4 N–H and O–H groups in total. The molecule has 0 aliphatic heterocycles. The van der Waals surface area contributed by atoms with Crippen LogP contribution in [0.3, 0.4) is 0 Å². The Morgan fingerprint density at radius 2 is 2.29 bits per heavy atom. The number of pyridine rings is 1. The maximum absolute atomic E-state index is 11.8. The first-order valence-electron chi connectivity index (χ1n) is 4.54. The van der Waals surface area contributed by atoms with E-state index in [1.165, 1.54) is 17.5 Å². The van der Waals surface area contributed by atoms with Gasteiger partial charge in [0, 0.05) is 6.20 Å². The Kier molecular flexibility index (Phi) is 3.67. The number of carbonyl (C=O) groups is 1. The van der Waals surface area contributed by atoms with Crippen LogP contribution in [0.25, 0.3) is 0 Å². The number of carbonyl (C=O) groups excluding carboxylic acids is 1. The van der Waals surface area contributed by atoms with E-state index < -0.39 is 0 Å². The summed E-state index contributed by atoms with van der Waals surface area (Å²) in [6.07, 6.45) is 3.12. The number of rotatable bonds is 3. The second-order valence-corrected chi connectivity index (χ2v) is 5.41. The number of halogens is 1. The fraction of sp³-hybridized carbons (Fsp3) is 0. The van der Waals surface area contributed by atoms with Gasteiger partial charge in [0.2, 0.25) is 0 Å². The Balaban J connectivity index is 2.14. The number of nitrogens with one attached hydrogen (secondary N) is 2. The Labute approximate surface area is 109 Å². The van der Waals surface area contributed by atoms with Crippen LogP contribution in [0.15, 0.2) is 28.3 Å². The number of hydrazine groups is 1. The van der Waals surface area contributed by atoms with Gasteiger partial charge in [0.15, 0.2) is 5.13 Å². The molecule has 6 nitrogen and oxygen atoms in total. The lowest BCUT2D eigenvalue weighted by atomic mass is 10.3. The molecule has 8 heteroatoms. The fourth-order valence-corrected chi connectivity index (χ4v) is 2.22. The summed E-state index contributed by atoms with van der Waals surface area (Å²) >= 11 is 4.59. The molecule has 0 aliphatic rings. The van der Waals surface area contributed by atoms with E-state index in [0.29, 0.717) is 10.8 Å². The molecule has 0 aliphatic carbocycles. The van der Waals surface area contributed by atoms with Gasteiger partial charge < -0.3 is 5.43 Å². The molecular weight excluding hydrogens is 306 g/mol. The molecule has 88 valence electrons. The zero-order valence-electron chi connectivity index (χ0n) is 8.48. The van der Waals surface area contributed by atoms with E-state index in [-0.39, 0.29) is 11.6 Å². The van der Waals surface area contributed by atoms with Crippen molar-refractivity contribution in [3.63, 3.8) is 0 Å². The maximum atomic E-state index is 11.8. The molecular formula is C9H8BrN5OS. The molecule has 0 spiro atoms. The standard InChI is InChI=1S/C9H8BrN5OS/c10-7-4-13-9(17-7)14-8(16)6-3-5(15-11)1-2-12-6/h1-4H,11H2,(H,12,15)(H,13,14,16). The molecule has 2 aromatic heterocycles. The van der Waals surface area contributed by atoms with Gasteiger partial charge >= 0.3 is 0 Å². The molecule has 0 fully saturated rings. The van der Waals surface area contributed by atoms with E-state index in [9.17, 15) is 4.79 Å². The highest BCUT2D eigenvalue weighted by Gasteiger charge is 2.10. The third kappa shape index (κ3) is 2.99. The molecule has 0 aromatic carbocycles. The minimum absolute atomic E-state index is 0.270. The number of aromatic nitrogens is 2. The molecule has 0 radical (unpaired) electrons. The molecule has 2 heterocycles. The molecule has 0 saturated heterocycles. The first-order chi connectivity index (χ1) is 8.19. The molecule has 2 aromatic rings. The van der Waals surface area contributed by atoms with Crippen LogP contribution < -0.4 is 16.6 Å². The van der Waals surface area contributed by atoms with Crippen molar-refractivity contribution >= 4 is 44.0 Å². The smallest absolute Gasteiger partial charge is 0.276 e. The van der Waals surface area contributed by atoms with Gasteiger partial charge in [-0.25, -0.2) is 4.98 Å². The van der Waals surface area contributed by atoms with Gasteiger partial charge in [0.1, 0.15) is 5.69 Å². The fourth-order valence-electron chi connectivity index (χ4n) is 1.12. The van der Waals surface area contributed by atoms with Gasteiger partial charge in [-0.1, -0.05) is 11.3 Å². The average molecular weight is 314 g/mol. The number of nitrogens with zero attached hydrogens (tertiary/aromatic N) is 2. The number of hydrogen-bond acceptors (Lipinski definition) is 6. The van der Waals surface area contributed by atoms with E-state index in [1.807, 2.05) is 0 Å². The predicted molar refractivity (Wildman–Crippen MR) is 69.8 cm³/mol. The van der Waals surface area contributed by atoms with Crippen molar-refractivity contribution in [2.24, 2.45) is 5.84 Å². The van der Waals surface area contributed by atoms with E-state index in [1.54, 1.807) is 18.3 Å². The largest absolute Gasteiger partial charge is 0.324 e. The summed E-state index contributed by atoms with van der Waals surface area (Å²) in [5.41, 5.74) is 3.34. The van der Waals surface area contributed by atoms with Crippen molar-refractivity contribution in [1.82, 2.24) is 9.97 Å². The molecule has 0 unspecified atom stereocenters. The normalized spacial score (nSPS) is 10.0. The van der Waals surface area contributed by atoms with Gasteiger partial charge in [-0.15, -0.1) is 0 Å². The number of anilines is 2. The number of thiazole rings is 1. The second-order valence-electron chi connectivity index (χ2n) is 3.00. The number of nitrogens with two attached hydrogens (primary N) is 1. The van der Waals surface area contributed by atoms with Crippen LogP contribution in [0.1, 0.15) is 10.5 Å². The summed E-state index contributed by atoms with van der Waals surface area (Å²) < 4.78 is 0.845. The van der Waals surface area contributed by atoms with E-state index in [0.717, 1.165) is 3.79 Å². The number of nitrogen functional groups attached to an aromatic ring is 1. The van der Waals surface area contributed by atoms with Crippen LogP contribution in [0, 0.1) is 0 Å². The quantitative estimate of drug-likeness (QED) is 0.594. The number of amides is 1. The first-order valence-corrected chi connectivity index (χ1v) is 6.15. The molecule has 0 atom stereocenters. The van der Waals surface area contributed by atoms with E-state index in [4.69, 9.17) is 5.84 Å². The summed E-state index contributed by atoms with van der Waals surface area (Å²) in [7, 11) is 0. The summed E-state index contributed by atoms with van der Waals surface area (Å²) in [5, 5.41) is 3.15. The van der Waals surface area contributed by atoms with Crippen molar-refractivity contribution < 1.29 is 4.79 Å². The predicted octanol–water partition coefficient (Wildman–Crippen LogP) is 1.84. The monoisotopic (exact) mass is 313 g/mol. The minimum atomic E-state index is -0.330. The summed E-state index contributed by atoms with van der Waals surface area (Å²) in [5.74, 6) is 4.92. The van der Waals surface area contributed by atoms with Crippen LogP contribution in [0.2, 0.25) is 0 Å². The maximum Gasteiger partial charge on any atom is 0.276 e. The molecule has 1 amide bonds. The Hall–Kier alpha value is -1.51. The van der Waals surface area contributed by atoms with E-state index >= 15 is 0 Å². The summed E-state index contributed by atoms with van der Waals surface area (Å²) in [6, 6.07) is 3.22. The highest BCUT2D eigenvalue weighted by atomic mass is 79.9. The molecule has 2 rings (SSSR count). The lowest BCUT2D eigenvalue weighted by Gasteiger charge is -2.03. The Bertz CT molecular complexity index is 544. The third-order valence-corrected chi connectivity index (χ3v) is 3.25. The highest BCUT2D eigenvalue weighted by molar-refractivity contribution is 9.11. The van der Waals surface area contributed by atoms with Gasteiger partial charge in [-0.2, -0.15) is 0 Å². The Morgan fingerprint density at radius 1 is 1.47 bits per heavy atom. The lowest BCUT2D eigenvalue weighted by Crippen LogP contribution is -2.14. The average Bonchev–Trinajstić information content (AvgIpc) is 2.75. The third-order valence-electron chi connectivity index (χ3n) is 1.86. The van der Waals surface area contributed by atoms with Gasteiger partial charge in [0.25, 0.3) is 5.91 Å². The van der Waals surface area contributed by atoms with Crippen molar-refractivity contribution in [3.05, 3.63) is 34.0 Å². The topological polar surface area (TPSA) is 92.9 Å². The van der Waals surface area contributed by atoms with Gasteiger partial charge in [-0.05, 0) is 28.1 Å². The SMILES string of the molecule is NNc1ccnc(C(=O)Nc2ncc(Br)s2)c1. The van der Waals surface area contributed by atoms with Crippen LogP contribution in [0.5, 0.6) is 0 Å². The zero-order valence-corrected chi connectivity index (χ0v) is 10.9. The second kappa shape index (κ2) is 5.21. The summed E-state index contributed by atoms with van der Waals surface area (Å²) in [6.45, 7) is 0. The molecule has 0 bridgehead atoms. The highest BCUT2D eigenvalue weighted by Crippen LogP contribution is 2.23. The minimum Gasteiger partial charge on any atom is -0.324 e. The van der Waals surface area contributed by atoms with Crippen molar-refractivity contribution in [1.29, 1.82) is 0 Å². The molecule has 0 saturated carbocycles. The zero-order chi connectivity index (χ0) is 12.3. The first kappa shape index (κ1) is 12.0. The van der Waals surface area contributed by atoms with Crippen molar-refractivity contribution in [3.8, 4) is 0 Å². The van der Waals surface area contributed by atoms with Crippen molar-refractivity contribution in [2.75, 3.05) is 10.7 Å².